The lowest BCUT2D eigenvalue weighted by atomic mass is 9.85. The molecular weight excluding hydrogens is 505 g/mol. The number of amides is 1. The standard InChI is InChI=1S/C32H42FN5O2/c1-24-6-3-7-25-8-4-9-26(30(24)25)21-36-18-14-32(15-19-36)31(40)37(22-29(39)20-35-17-5-16-34-2)23-38(32)28-12-10-27(33)11-13-28/h3-4,6-13,29,34-35,39H,5,14-23H2,1-2H3/t29-/m0/s1. The Hall–Kier alpha value is -3.04. The number of benzene rings is 3. The Kier molecular flexibility index (Phi) is 9.00. The largest absolute Gasteiger partial charge is 0.390 e. The van der Waals surface area contributed by atoms with Crippen molar-refractivity contribution in [2.45, 2.75) is 44.4 Å². The molecule has 2 aliphatic rings. The number of hydrogen-bond acceptors (Lipinski definition) is 6. The summed E-state index contributed by atoms with van der Waals surface area (Å²) >= 11 is 0. The zero-order valence-corrected chi connectivity index (χ0v) is 23.7. The Morgan fingerprint density at radius 1 is 1.02 bits per heavy atom. The van der Waals surface area contributed by atoms with E-state index in [4.69, 9.17) is 0 Å². The fourth-order valence-corrected chi connectivity index (χ4v) is 6.41. The fraction of sp³-hybridized carbons (Fsp3) is 0.469. The molecule has 3 aromatic rings. The van der Waals surface area contributed by atoms with Crippen LogP contribution in [0.15, 0.2) is 60.7 Å². The van der Waals surface area contributed by atoms with Crippen molar-refractivity contribution in [2.75, 3.05) is 57.9 Å². The first kappa shape index (κ1) is 28.5. The van der Waals surface area contributed by atoms with Gasteiger partial charge in [0.1, 0.15) is 11.4 Å². The van der Waals surface area contributed by atoms with Gasteiger partial charge in [0.2, 0.25) is 5.91 Å². The number of aliphatic hydroxyl groups excluding tert-OH is 1. The van der Waals surface area contributed by atoms with E-state index in [2.05, 4.69) is 63.8 Å². The van der Waals surface area contributed by atoms with Crippen molar-refractivity contribution in [3.05, 3.63) is 77.6 Å². The topological polar surface area (TPSA) is 71.1 Å². The first-order valence-electron chi connectivity index (χ1n) is 14.5. The summed E-state index contributed by atoms with van der Waals surface area (Å²) in [5, 5.41) is 19.7. The predicted molar refractivity (Wildman–Crippen MR) is 159 cm³/mol. The molecule has 1 atom stereocenters. The molecule has 1 spiro atoms. The van der Waals surface area contributed by atoms with Gasteiger partial charge in [0.05, 0.1) is 12.8 Å². The summed E-state index contributed by atoms with van der Waals surface area (Å²) in [6.45, 7) is 7.41. The average molecular weight is 548 g/mol. The highest BCUT2D eigenvalue weighted by Gasteiger charge is 2.53. The summed E-state index contributed by atoms with van der Waals surface area (Å²) in [4.78, 5) is 20.4. The quantitative estimate of drug-likeness (QED) is 0.320. The molecular formula is C32H42FN5O2. The van der Waals surface area contributed by atoms with Crippen LogP contribution in [0.1, 0.15) is 30.4 Å². The molecule has 40 heavy (non-hydrogen) atoms. The second kappa shape index (κ2) is 12.6. The normalized spacial score (nSPS) is 18.2. The van der Waals surface area contributed by atoms with E-state index >= 15 is 0 Å². The Morgan fingerprint density at radius 2 is 1.75 bits per heavy atom. The maximum absolute atomic E-state index is 14.0. The monoisotopic (exact) mass is 547 g/mol. The molecule has 2 saturated heterocycles. The Bertz CT molecular complexity index is 1290. The number of anilines is 1. The number of hydrogen-bond donors (Lipinski definition) is 3. The Labute approximate surface area is 236 Å². The predicted octanol–water partition coefficient (Wildman–Crippen LogP) is 3.49. The second-order valence-corrected chi connectivity index (χ2v) is 11.3. The van der Waals surface area contributed by atoms with Crippen LogP contribution >= 0.6 is 0 Å². The molecule has 1 amide bonds. The van der Waals surface area contributed by atoms with Crippen molar-refractivity contribution >= 4 is 22.4 Å². The van der Waals surface area contributed by atoms with Gasteiger partial charge in [-0.3, -0.25) is 9.69 Å². The van der Waals surface area contributed by atoms with Gasteiger partial charge in [-0.25, -0.2) is 4.39 Å². The number of carbonyl (C=O) groups excluding carboxylic acids is 1. The number of likely N-dealkylation sites (tertiary alicyclic amines) is 1. The number of nitrogens with zero attached hydrogens (tertiary/aromatic N) is 3. The minimum Gasteiger partial charge on any atom is -0.390 e. The first-order valence-corrected chi connectivity index (χ1v) is 14.5. The number of piperidine rings is 1. The zero-order chi connectivity index (χ0) is 28.1. The lowest BCUT2D eigenvalue weighted by molar-refractivity contribution is -0.134. The van der Waals surface area contributed by atoms with Gasteiger partial charge in [-0.1, -0.05) is 36.4 Å². The summed E-state index contributed by atoms with van der Waals surface area (Å²) in [5.74, 6) is -0.230. The van der Waals surface area contributed by atoms with E-state index in [0.29, 0.717) is 26.1 Å². The van der Waals surface area contributed by atoms with Crippen LogP contribution in [0, 0.1) is 12.7 Å². The zero-order valence-electron chi connectivity index (χ0n) is 23.7. The molecule has 0 aliphatic carbocycles. The van der Waals surface area contributed by atoms with Crippen LogP contribution in [0.4, 0.5) is 10.1 Å². The van der Waals surface area contributed by atoms with Crippen LogP contribution in [-0.4, -0.2) is 85.4 Å². The molecule has 2 aliphatic heterocycles. The highest BCUT2D eigenvalue weighted by Crippen LogP contribution is 2.40. The molecule has 3 aromatic carbocycles. The molecule has 0 bridgehead atoms. The summed E-state index contributed by atoms with van der Waals surface area (Å²) in [7, 11) is 1.92. The highest BCUT2D eigenvalue weighted by atomic mass is 19.1. The minimum atomic E-state index is -0.692. The lowest BCUT2D eigenvalue weighted by Crippen LogP contribution is -2.56. The van der Waals surface area contributed by atoms with Crippen LogP contribution in [0.25, 0.3) is 10.8 Å². The van der Waals surface area contributed by atoms with Crippen molar-refractivity contribution in [3.8, 4) is 0 Å². The van der Waals surface area contributed by atoms with Crippen LogP contribution < -0.4 is 15.5 Å². The van der Waals surface area contributed by atoms with E-state index in [1.165, 1.54) is 34.0 Å². The Morgan fingerprint density at radius 3 is 2.48 bits per heavy atom. The lowest BCUT2D eigenvalue weighted by Gasteiger charge is -2.43. The van der Waals surface area contributed by atoms with Gasteiger partial charge in [0.15, 0.2) is 0 Å². The molecule has 214 valence electrons. The maximum atomic E-state index is 14.0. The van der Waals surface area contributed by atoms with Crippen LogP contribution in [0.5, 0.6) is 0 Å². The highest BCUT2D eigenvalue weighted by molar-refractivity contribution is 5.93. The number of carbonyl (C=O) groups is 1. The number of aryl methyl sites for hydroxylation is 1. The summed E-state index contributed by atoms with van der Waals surface area (Å²) < 4.78 is 13.8. The van der Waals surface area contributed by atoms with E-state index in [-0.39, 0.29) is 18.3 Å². The number of rotatable bonds is 11. The van der Waals surface area contributed by atoms with E-state index in [0.717, 1.165) is 44.8 Å². The average Bonchev–Trinajstić information content (AvgIpc) is 3.21. The molecule has 0 saturated carbocycles. The SMILES string of the molecule is CNCCCNC[C@H](O)CN1CN(c2ccc(F)cc2)C2(CCN(Cc3cccc4cccc(C)c34)CC2)C1=O. The van der Waals surface area contributed by atoms with Gasteiger partial charge >= 0.3 is 0 Å². The van der Waals surface area contributed by atoms with Crippen molar-refractivity contribution in [3.63, 3.8) is 0 Å². The van der Waals surface area contributed by atoms with Crippen molar-refractivity contribution in [2.24, 2.45) is 0 Å². The molecule has 2 heterocycles. The van der Waals surface area contributed by atoms with Crippen molar-refractivity contribution < 1.29 is 14.3 Å². The second-order valence-electron chi connectivity index (χ2n) is 11.3. The molecule has 5 rings (SSSR count). The molecule has 3 N–H and O–H groups in total. The van der Waals surface area contributed by atoms with E-state index < -0.39 is 11.6 Å². The molecule has 2 fully saturated rings. The van der Waals surface area contributed by atoms with E-state index in [9.17, 15) is 14.3 Å². The van der Waals surface area contributed by atoms with Crippen molar-refractivity contribution in [1.82, 2.24) is 20.4 Å². The fourth-order valence-electron chi connectivity index (χ4n) is 6.41. The van der Waals surface area contributed by atoms with Crippen LogP contribution in [0.3, 0.4) is 0 Å². The molecule has 0 radical (unpaired) electrons. The van der Waals surface area contributed by atoms with Gasteiger partial charge in [0, 0.05) is 38.4 Å². The third-order valence-corrected chi connectivity index (χ3v) is 8.52. The molecule has 0 aromatic heterocycles. The van der Waals surface area contributed by atoms with Gasteiger partial charge in [-0.05, 0) is 92.5 Å². The van der Waals surface area contributed by atoms with Crippen LogP contribution in [-0.2, 0) is 11.3 Å². The summed E-state index contributed by atoms with van der Waals surface area (Å²) in [6, 6.07) is 19.4. The smallest absolute Gasteiger partial charge is 0.250 e. The maximum Gasteiger partial charge on any atom is 0.250 e. The van der Waals surface area contributed by atoms with Gasteiger partial charge < -0.3 is 25.5 Å². The number of aliphatic hydroxyl groups is 1. The van der Waals surface area contributed by atoms with Gasteiger partial charge in [-0.2, -0.15) is 0 Å². The number of nitrogens with one attached hydrogen (secondary N) is 2. The Balaban J connectivity index is 1.30. The molecule has 7 nitrogen and oxygen atoms in total. The third-order valence-electron chi connectivity index (χ3n) is 8.52. The van der Waals surface area contributed by atoms with Gasteiger partial charge in [-0.15, -0.1) is 0 Å². The molecule has 0 unspecified atom stereocenters. The first-order chi connectivity index (χ1) is 19.4. The van der Waals surface area contributed by atoms with Crippen molar-refractivity contribution in [1.29, 1.82) is 0 Å². The van der Waals surface area contributed by atoms with E-state index in [1.807, 2.05) is 7.05 Å². The van der Waals surface area contributed by atoms with Crippen LogP contribution in [0.2, 0.25) is 0 Å². The number of halogens is 1. The summed E-state index contributed by atoms with van der Waals surface area (Å²) in [6.07, 6.45) is 1.68. The summed E-state index contributed by atoms with van der Waals surface area (Å²) in [5.41, 5.74) is 2.74. The van der Waals surface area contributed by atoms with E-state index in [1.54, 1.807) is 17.0 Å². The number of β-amino-alcohol motifs (C(OH)–C–C–N with tert-alkyl or cyclic N) is 1. The number of fused-ring (bicyclic) bond motifs is 1. The third kappa shape index (κ3) is 6.00. The van der Waals surface area contributed by atoms with Gasteiger partial charge in [0.25, 0.3) is 0 Å². The molecule has 8 heteroatoms. The minimum absolute atomic E-state index is 0.0618.